The summed E-state index contributed by atoms with van der Waals surface area (Å²) in [5.74, 6) is 1.53. The molecular weight excluding hydrogens is 436 g/mol. The molecule has 1 aromatic heterocycles. The van der Waals surface area contributed by atoms with Crippen molar-refractivity contribution < 1.29 is 9.57 Å². The Balaban J connectivity index is 1.33. The molecular formula is C29H28N4O2. The fraction of sp³-hybridized carbons (Fsp3) is 0.172. The number of aromatic nitrogens is 2. The monoisotopic (exact) mass is 464 g/mol. The maximum Gasteiger partial charge on any atom is 0.227 e. The van der Waals surface area contributed by atoms with Crippen LogP contribution in [0.1, 0.15) is 28.7 Å². The Labute approximate surface area is 205 Å². The summed E-state index contributed by atoms with van der Waals surface area (Å²) in [5, 5.41) is 4.33. The molecule has 0 fully saturated rings. The molecule has 1 aliphatic rings. The van der Waals surface area contributed by atoms with Crippen LogP contribution in [0.3, 0.4) is 0 Å². The molecule has 35 heavy (non-hydrogen) atoms. The first-order valence-corrected chi connectivity index (χ1v) is 11.5. The van der Waals surface area contributed by atoms with Crippen molar-refractivity contribution in [1.29, 1.82) is 0 Å². The number of methoxy groups -OCH3 is 1. The lowest BCUT2D eigenvalue weighted by Crippen LogP contribution is -2.24. The van der Waals surface area contributed by atoms with E-state index in [0.29, 0.717) is 0 Å². The van der Waals surface area contributed by atoms with Gasteiger partial charge < -0.3 is 14.5 Å². The van der Waals surface area contributed by atoms with E-state index in [1.54, 1.807) is 7.11 Å². The molecule has 0 spiro atoms. The maximum atomic E-state index is 5.81. The summed E-state index contributed by atoms with van der Waals surface area (Å²) in [5.41, 5.74) is 7.44. The second kappa shape index (κ2) is 9.50. The lowest BCUT2D eigenvalue weighted by molar-refractivity contribution is 0.0191. The van der Waals surface area contributed by atoms with Gasteiger partial charge in [-0.05, 0) is 54.8 Å². The van der Waals surface area contributed by atoms with E-state index in [9.17, 15) is 0 Å². The van der Waals surface area contributed by atoms with Crippen LogP contribution in [0.2, 0.25) is 0 Å². The summed E-state index contributed by atoms with van der Waals surface area (Å²) in [4.78, 5) is 12.2. The number of benzene rings is 3. The Bertz CT molecular complexity index is 1410. The molecule has 0 bridgehead atoms. The van der Waals surface area contributed by atoms with E-state index < -0.39 is 0 Å². The van der Waals surface area contributed by atoms with E-state index in [1.165, 1.54) is 5.56 Å². The van der Waals surface area contributed by atoms with Gasteiger partial charge in [0.05, 0.1) is 24.8 Å². The van der Waals surface area contributed by atoms with Gasteiger partial charge in [-0.3, -0.25) is 4.57 Å². The average Bonchev–Trinajstić information content (AvgIpc) is 3.44. The summed E-state index contributed by atoms with van der Waals surface area (Å²) < 4.78 is 7.71. The van der Waals surface area contributed by atoms with E-state index in [2.05, 4.69) is 59.5 Å². The van der Waals surface area contributed by atoms with Crippen molar-refractivity contribution in [3.05, 3.63) is 108 Å². The zero-order valence-corrected chi connectivity index (χ0v) is 20.3. The van der Waals surface area contributed by atoms with Crippen molar-refractivity contribution in [2.75, 3.05) is 14.2 Å². The van der Waals surface area contributed by atoms with Crippen LogP contribution in [0.4, 0.5) is 0 Å². The third-order valence-electron chi connectivity index (χ3n) is 6.38. The first-order valence-electron chi connectivity index (χ1n) is 11.5. The van der Waals surface area contributed by atoms with E-state index in [0.717, 1.165) is 45.4 Å². The summed E-state index contributed by atoms with van der Waals surface area (Å²) in [6.45, 7) is 4.05. The van der Waals surface area contributed by atoms with Crippen LogP contribution in [-0.2, 0) is 4.84 Å². The predicted molar refractivity (Wildman–Crippen MR) is 140 cm³/mol. The van der Waals surface area contributed by atoms with E-state index in [1.807, 2.05) is 72.2 Å². The number of imidazole rings is 1. The highest BCUT2D eigenvalue weighted by Crippen LogP contribution is 2.31. The molecule has 1 atom stereocenters. The molecule has 0 amide bonds. The Kier molecular flexibility index (Phi) is 6.10. The Morgan fingerprint density at radius 1 is 0.914 bits per heavy atom. The fourth-order valence-electron chi connectivity index (χ4n) is 4.20. The van der Waals surface area contributed by atoms with Crippen molar-refractivity contribution in [1.82, 2.24) is 14.5 Å². The number of rotatable bonds is 6. The molecule has 1 unspecified atom stereocenters. The van der Waals surface area contributed by atoms with Crippen LogP contribution in [0, 0.1) is 13.8 Å². The van der Waals surface area contributed by atoms with Crippen LogP contribution in [0.5, 0.6) is 5.75 Å². The SMILES string of the molecule is COc1cc(/C=C/C2=NOC(c3cccc(-c4ccccc4)c3)N2C)ccc1-n1cnc(C)c1C. The summed E-state index contributed by atoms with van der Waals surface area (Å²) in [7, 11) is 3.67. The minimum absolute atomic E-state index is 0.275. The number of ether oxygens (including phenoxy) is 1. The summed E-state index contributed by atoms with van der Waals surface area (Å²) in [6.07, 6.45) is 5.52. The van der Waals surface area contributed by atoms with Gasteiger partial charge in [0.1, 0.15) is 5.75 Å². The van der Waals surface area contributed by atoms with Crippen LogP contribution in [-0.4, -0.2) is 34.4 Å². The fourth-order valence-corrected chi connectivity index (χ4v) is 4.20. The van der Waals surface area contributed by atoms with E-state index >= 15 is 0 Å². The molecule has 4 aromatic rings. The minimum atomic E-state index is -0.275. The number of hydrogen-bond acceptors (Lipinski definition) is 5. The molecule has 176 valence electrons. The highest BCUT2D eigenvalue weighted by atomic mass is 16.7. The van der Waals surface area contributed by atoms with Crippen molar-refractivity contribution in [2.45, 2.75) is 20.1 Å². The Morgan fingerprint density at radius 3 is 2.46 bits per heavy atom. The molecule has 3 aromatic carbocycles. The number of nitrogens with zero attached hydrogens (tertiary/aromatic N) is 4. The first kappa shape index (κ1) is 22.5. The average molecular weight is 465 g/mol. The zero-order chi connectivity index (χ0) is 24.4. The second-order valence-electron chi connectivity index (χ2n) is 8.56. The van der Waals surface area contributed by atoms with Crippen LogP contribution < -0.4 is 4.74 Å². The van der Waals surface area contributed by atoms with Gasteiger partial charge >= 0.3 is 0 Å². The van der Waals surface area contributed by atoms with Crippen LogP contribution >= 0.6 is 0 Å². The van der Waals surface area contributed by atoms with Crippen molar-refractivity contribution in [3.63, 3.8) is 0 Å². The van der Waals surface area contributed by atoms with Gasteiger partial charge in [-0.2, -0.15) is 0 Å². The predicted octanol–water partition coefficient (Wildman–Crippen LogP) is 6.15. The summed E-state index contributed by atoms with van der Waals surface area (Å²) in [6, 6.07) is 24.8. The maximum absolute atomic E-state index is 5.81. The second-order valence-corrected chi connectivity index (χ2v) is 8.56. The van der Waals surface area contributed by atoms with Crippen molar-refractivity contribution >= 4 is 11.9 Å². The lowest BCUT2D eigenvalue weighted by atomic mass is 10.0. The third kappa shape index (κ3) is 4.43. The Hall–Kier alpha value is -4.32. The molecule has 0 aliphatic carbocycles. The standard InChI is InChI=1S/C29H28N4O2/c1-20-21(2)33(19-30-20)26-15-13-22(17-27(26)34-4)14-16-28-31-35-29(32(28)3)25-12-8-11-24(18-25)23-9-6-5-7-10-23/h5-19,29H,1-4H3/b16-14+. The number of likely N-dealkylation sites (N-methyl/N-ethyl adjacent to an activating group) is 1. The van der Waals surface area contributed by atoms with Crippen LogP contribution in [0.25, 0.3) is 22.9 Å². The molecule has 1 aliphatic heterocycles. The van der Waals surface area contributed by atoms with Gasteiger partial charge in [-0.15, -0.1) is 0 Å². The van der Waals surface area contributed by atoms with Crippen molar-refractivity contribution in [2.24, 2.45) is 5.16 Å². The zero-order valence-electron chi connectivity index (χ0n) is 20.3. The van der Waals surface area contributed by atoms with Gasteiger partial charge in [0.2, 0.25) is 6.23 Å². The molecule has 0 saturated heterocycles. The Morgan fingerprint density at radius 2 is 1.71 bits per heavy atom. The van der Waals surface area contributed by atoms with Gasteiger partial charge in [0.25, 0.3) is 0 Å². The number of aryl methyl sites for hydroxylation is 1. The normalized spacial score (nSPS) is 15.4. The molecule has 6 heteroatoms. The quantitative estimate of drug-likeness (QED) is 0.343. The van der Waals surface area contributed by atoms with E-state index in [-0.39, 0.29) is 6.23 Å². The number of oxime groups is 1. The number of hydrogen-bond donors (Lipinski definition) is 0. The topological polar surface area (TPSA) is 51.9 Å². The smallest absolute Gasteiger partial charge is 0.227 e. The first-order chi connectivity index (χ1) is 17.0. The number of amidine groups is 1. The van der Waals surface area contributed by atoms with Crippen LogP contribution in [0.15, 0.2) is 90.4 Å². The molecule has 0 saturated carbocycles. The lowest BCUT2D eigenvalue weighted by Gasteiger charge is -2.20. The van der Waals surface area contributed by atoms with Gasteiger partial charge in [0, 0.05) is 18.3 Å². The minimum Gasteiger partial charge on any atom is -0.495 e. The van der Waals surface area contributed by atoms with Gasteiger partial charge in [-0.25, -0.2) is 4.98 Å². The largest absolute Gasteiger partial charge is 0.495 e. The molecule has 5 rings (SSSR count). The highest BCUT2D eigenvalue weighted by Gasteiger charge is 2.27. The molecule has 2 heterocycles. The molecule has 0 N–H and O–H groups in total. The highest BCUT2D eigenvalue weighted by molar-refractivity contribution is 5.97. The summed E-state index contributed by atoms with van der Waals surface area (Å²) >= 11 is 0. The van der Waals surface area contributed by atoms with Crippen molar-refractivity contribution in [3.8, 4) is 22.6 Å². The van der Waals surface area contributed by atoms with Gasteiger partial charge in [0.15, 0.2) is 5.84 Å². The van der Waals surface area contributed by atoms with E-state index in [4.69, 9.17) is 9.57 Å². The molecule has 6 nitrogen and oxygen atoms in total. The third-order valence-corrected chi connectivity index (χ3v) is 6.38. The van der Waals surface area contributed by atoms with Gasteiger partial charge in [-0.1, -0.05) is 65.8 Å². The molecule has 0 radical (unpaired) electrons.